The highest BCUT2D eigenvalue weighted by atomic mass is 32.2. The molecule has 0 saturated carbocycles. The van der Waals surface area contributed by atoms with Crippen molar-refractivity contribution in [2.24, 2.45) is 5.73 Å². The summed E-state index contributed by atoms with van der Waals surface area (Å²) in [5.41, 5.74) is 7.92. The smallest absolute Gasteiger partial charge is 0.107 e. The molecule has 0 aliphatic rings. The molecule has 2 nitrogen and oxygen atoms in total. The minimum atomic E-state index is 0.235. The van der Waals surface area contributed by atoms with Crippen molar-refractivity contribution in [3.05, 3.63) is 45.6 Å². The molecule has 1 aromatic heterocycles. The van der Waals surface area contributed by atoms with Crippen LogP contribution in [0.25, 0.3) is 0 Å². The van der Waals surface area contributed by atoms with Crippen molar-refractivity contribution in [2.45, 2.75) is 31.7 Å². The van der Waals surface area contributed by atoms with Gasteiger partial charge in [-0.1, -0.05) is 25.2 Å². The maximum Gasteiger partial charge on any atom is 0.107 e. The summed E-state index contributed by atoms with van der Waals surface area (Å²) in [6.45, 7) is 6.42. The molecule has 0 radical (unpaired) electrons. The van der Waals surface area contributed by atoms with Gasteiger partial charge in [0.05, 0.1) is 6.04 Å². The van der Waals surface area contributed by atoms with Gasteiger partial charge in [-0.15, -0.1) is 23.1 Å². The van der Waals surface area contributed by atoms with Crippen LogP contribution in [-0.2, 0) is 0 Å². The van der Waals surface area contributed by atoms with E-state index in [1.807, 2.05) is 17.4 Å². The number of thioether (sulfide) groups is 1. The van der Waals surface area contributed by atoms with Crippen molar-refractivity contribution in [3.63, 3.8) is 0 Å². The molecule has 3 N–H and O–H groups in total. The molecule has 0 aliphatic heterocycles. The lowest BCUT2D eigenvalue weighted by Crippen LogP contribution is -2.16. The Morgan fingerprint density at radius 2 is 2.14 bits per heavy atom. The first-order chi connectivity index (χ1) is 10.0. The number of hydrogen-bond donors (Lipinski definition) is 2. The third-order valence-electron chi connectivity index (χ3n) is 3.13. The second-order valence-electron chi connectivity index (χ2n) is 4.79. The van der Waals surface area contributed by atoms with Gasteiger partial charge < -0.3 is 11.1 Å². The fraction of sp³-hybridized carbons (Fsp3) is 0.312. The summed E-state index contributed by atoms with van der Waals surface area (Å²) in [6.07, 6.45) is 0. The predicted octanol–water partition coefficient (Wildman–Crippen LogP) is 4.98. The van der Waals surface area contributed by atoms with Gasteiger partial charge in [0.25, 0.3) is 0 Å². The van der Waals surface area contributed by atoms with E-state index in [-0.39, 0.29) is 6.04 Å². The maximum atomic E-state index is 5.94. The van der Waals surface area contributed by atoms with Gasteiger partial charge in [-0.2, -0.15) is 0 Å². The minimum absolute atomic E-state index is 0.235. The van der Waals surface area contributed by atoms with Crippen LogP contribution in [0.15, 0.2) is 35.2 Å². The van der Waals surface area contributed by atoms with E-state index in [1.54, 1.807) is 11.8 Å². The lowest BCUT2D eigenvalue weighted by Gasteiger charge is -2.19. The SMILES string of the molecule is CCSc1cccc(NC(C)c2ccc(C)s2)c1C(N)=S. The highest BCUT2D eigenvalue weighted by molar-refractivity contribution is 7.99. The number of aryl methyl sites for hydroxylation is 1. The summed E-state index contributed by atoms with van der Waals surface area (Å²) in [5, 5.41) is 3.55. The number of hydrogen-bond acceptors (Lipinski definition) is 4. The number of rotatable bonds is 6. The van der Waals surface area contributed by atoms with Crippen molar-refractivity contribution in [2.75, 3.05) is 11.1 Å². The van der Waals surface area contributed by atoms with Gasteiger partial charge in [-0.3, -0.25) is 0 Å². The van der Waals surface area contributed by atoms with E-state index in [9.17, 15) is 0 Å². The molecule has 1 heterocycles. The molecule has 0 saturated heterocycles. The van der Waals surface area contributed by atoms with Gasteiger partial charge in [0.15, 0.2) is 0 Å². The standard InChI is InChI=1S/C16H20N2S3/c1-4-20-14-7-5-6-12(15(14)16(17)19)18-11(3)13-9-8-10(2)21-13/h5-9,11,18H,4H2,1-3H3,(H2,17,19). The molecule has 5 heteroatoms. The van der Waals surface area contributed by atoms with Gasteiger partial charge in [0.1, 0.15) is 4.99 Å². The van der Waals surface area contributed by atoms with Gasteiger partial charge in [0.2, 0.25) is 0 Å². The fourth-order valence-electron chi connectivity index (χ4n) is 2.17. The zero-order chi connectivity index (χ0) is 15.4. The monoisotopic (exact) mass is 336 g/mol. The van der Waals surface area contributed by atoms with Crippen molar-refractivity contribution in [3.8, 4) is 0 Å². The van der Waals surface area contributed by atoms with E-state index < -0.39 is 0 Å². The van der Waals surface area contributed by atoms with Crippen molar-refractivity contribution in [1.29, 1.82) is 0 Å². The third kappa shape index (κ3) is 3.99. The van der Waals surface area contributed by atoms with E-state index >= 15 is 0 Å². The average molecular weight is 337 g/mol. The Morgan fingerprint density at radius 1 is 1.38 bits per heavy atom. The van der Waals surface area contributed by atoms with E-state index in [2.05, 4.69) is 50.4 Å². The summed E-state index contributed by atoms with van der Waals surface area (Å²) in [5.74, 6) is 0.999. The molecule has 0 aliphatic carbocycles. The second kappa shape index (κ2) is 7.29. The number of benzene rings is 1. The fourth-order valence-corrected chi connectivity index (χ4v) is 4.19. The van der Waals surface area contributed by atoms with Crippen LogP contribution in [0, 0.1) is 6.92 Å². The summed E-state index contributed by atoms with van der Waals surface area (Å²) < 4.78 is 0. The topological polar surface area (TPSA) is 38.0 Å². The summed E-state index contributed by atoms with van der Waals surface area (Å²) >= 11 is 8.83. The molecule has 2 aromatic rings. The van der Waals surface area contributed by atoms with Gasteiger partial charge in [-0.25, -0.2) is 0 Å². The summed E-state index contributed by atoms with van der Waals surface area (Å²) in [7, 11) is 0. The van der Waals surface area contributed by atoms with Crippen LogP contribution in [0.5, 0.6) is 0 Å². The quantitative estimate of drug-likeness (QED) is 0.576. The second-order valence-corrected chi connectivity index (χ2v) is 7.86. The molecule has 21 heavy (non-hydrogen) atoms. The summed E-state index contributed by atoms with van der Waals surface area (Å²) in [4.78, 5) is 4.23. The molecule has 1 aromatic carbocycles. The predicted molar refractivity (Wildman–Crippen MR) is 99.8 cm³/mol. The Morgan fingerprint density at radius 3 is 2.71 bits per heavy atom. The molecule has 1 atom stereocenters. The first-order valence-corrected chi connectivity index (χ1v) is 9.12. The molecule has 0 spiro atoms. The van der Waals surface area contributed by atoms with Crippen molar-refractivity contribution >= 4 is 46.0 Å². The minimum Gasteiger partial charge on any atom is -0.389 e. The number of thiophene rings is 1. The molecule has 0 bridgehead atoms. The van der Waals surface area contributed by atoms with Crippen LogP contribution in [0.4, 0.5) is 5.69 Å². The van der Waals surface area contributed by atoms with E-state index in [0.29, 0.717) is 4.99 Å². The zero-order valence-electron chi connectivity index (χ0n) is 12.5. The van der Waals surface area contributed by atoms with Crippen LogP contribution < -0.4 is 11.1 Å². The number of nitrogens with one attached hydrogen (secondary N) is 1. The summed E-state index contributed by atoms with van der Waals surface area (Å²) in [6, 6.07) is 10.7. The maximum absolute atomic E-state index is 5.94. The molecular formula is C16H20N2S3. The van der Waals surface area contributed by atoms with Gasteiger partial charge >= 0.3 is 0 Å². The first kappa shape index (κ1) is 16.3. The van der Waals surface area contributed by atoms with E-state index in [0.717, 1.165) is 21.9 Å². The van der Waals surface area contributed by atoms with Gasteiger partial charge in [0, 0.05) is 25.9 Å². The zero-order valence-corrected chi connectivity index (χ0v) is 14.9. The van der Waals surface area contributed by atoms with Crippen LogP contribution in [0.2, 0.25) is 0 Å². The lowest BCUT2D eigenvalue weighted by molar-refractivity contribution is 0.906. The third-order valence-corrected chi connectivity index (χ3v) is 5.46. The van der Waals surface area contributed by atoms with Crippen LogP contribution in [0.1, 0.15) is 35.2 Å². The molecule has 1 unspecified atom stereocenters. The largest absolute Gasteiger partial charge is 0.389 e. The Labute approximate surface area is 140 Å². The molecule has 0 fully saturated rings. The molecule has 2 rings (SSSR count). The Hall–Kier alpha value is -1.04. The molecule has 112 valence electrons. The highest BCUT2D eigenvalue weighted by Crippen LogP contribution is 2.32. The Bertz CT molecular complexity index is 634. The molecule has 0 amide bonds. The Kier molecular flexibility index (Phi) is 5.67. The van der Waals surface area contributed by atoms with Crippen LogP contribution >= 0.6 is 35.3 Å². The number of nitrogens with two attached hydrogens (primary N) is 1. The van der Waals surface area contributed by atoms with Crippen molar-refractivity contribution < 1.29 is 0 Å². The number of thiocarbonyl (C=S) groups is 1. The molecular weight excluding hydrogens is 316 g/mol. The van der Waals surface area contributed by atoms with Gasteiger partial charge in [-0.05, 0) is 43.9 Å². The van der Waals surface area contributed by atoms with Crippen LogP contribution in [-0.4, -0.2) is 10.7 Å². The van der Waals surface area contributed by atoms with E-state index in [4.69, 9.17) is 18.0 Å². The van der Waals surface area contributed by atoms with Crippen LogP contribution in [0.3, 0.4) is 0 Å². The Balaban J connectivity index is 2.30. The van der Waals surface area contributed by atoms with Crippen molar-refractivity contribution in [1.82, 2.24) is 0 Å². The number of anilines is 1. The average Bonchev–Trinajstić information content (AvgIpc) is 2.86. The lowest BCUT2D eigenvalue weighted by atomic mass is 10.1. The first-order valence-electron chi connectivity index (χ1n) is 6.91. The highest BCUT2D eigenvalue weighted by Gasteiger charge is 2.14. The normalized spacial score (nSPS) is 12.1. The van der Waals surface area contributed by atoms with E-state index in [1.165, 1.54) is 9.75 Å².